The van der Waals surface area contributed by atoms with Crippen molar-refractivity contribution in [2.45, 2.75) is 25.7 Å². The first-order valence-corrected chi connectivity index (χ1v) is 9.14. The van der Waals surface area contributed by atoms with Gasteiger partial charge in [0.25, 0.3) is 17.5 Å². The Bertz CT molecular complexity index is 903. The minimum absolute atomic E-state index is 0.0393. The van der Waals surface area contributed by atoms with Crippen molar-refractivity contribution >= 4 is 17.5 Å². The van der Waals surface area contributed by atoms with Crippen LogP contribution in [0.3, 0.4) is 0 Å². The Morgan fingerprint density at radius 2 is 1.79 bits per heavy atom. The van der Waals surface area contributed by atoms with Crippen LogP contribution >= 0.6 is 0 Å². The van der Waals surface area contributed by atoms with Gasteiger partial charge in [-0.05, 0) is 44.0 Å². The first-order chi connectivity index (χ1) is 13.4. The number of hydrogen-bond acceptors (Lipinski definition) is 5. The molecule has 0 atom stereocenters. The zero-order valence-electron chi connectivity index (χ0n) is 15.8. The standard InChI is InChI=1S/C20H22N4O4/c1-13-3-8-17(19(25)21-2)18(22-13)14-9-11-23(12-10-14)20(26)15-4-6-16(7-5-15)24(27)28/h3-8,14H,9-12H2,1-2H3,(H,21,25). The smallest absolute Gasteiger partial charge is 0.269 e. The van der Waals surface area contributed by atoms with Crippen molar-refractivity contribution in [3.63, 3.8) is 0 Å². The van der Waals surface area contributed by atoms with E-state index in [4.69, 9.17) is 0 Å². The molecule has 1 aromatic carbocycles. The summed E-state index contributed by atoms with van der Waals surface area (Å²) in [6.07, 6.45) is 1.42. The molecule has 2 heterocycles. The molecule has 8 heteroatoms. The number of carbonyl (C=O) groups excluding carboxylic acids is 2. The number of pyridine rings is 1. The molecule has 1 saturated heterocycles. The number of nitrogens with one attached hydrogen (secondary N) is 1. The van der Waals surface area contributed by atoms with Crippen molar-refractivity contribution in [2.24, 2.45) is 0 Å². The molecule has 0 bridgehead atoms. The van der Waals surface area contributed by atoms with Crippen LogP contribution in [-0.2, 0) is 0 Å². The fraction of sp³-hybridized carbons (Fsp3) is 0.350. The summed E-state index contributed by atoms with van der Waals surface area (Å²) in [5, 5.41) is 13.4. The second-order valence-electron chi connectivity index (χ2n) is 6.84. The fourth-order valence-electron chi connectivity index (χ4n) is 3.48. The van der Waals surface area contributed by atoms with Gasteiger partial charge in [0.15, 0.2) is 0 Å². The number of rotatable bonds is 4. The Morgan fingerprint density at radius 1 is 1.14 bits per heavy atom. The summed E-state index contributed by atoms with van der Waals surface area (Å²) < 4.78 is 0. The summed E-state index contributed by atoms with van der Waals surface area (Å²) in [4.78, 5) is 41.4. The van der Waals surface area contributed by atoms with E-state index < -0.39 is 4.92 Å². The highest BCUT2D eigenvalue weighted by Crippen LogP contribution is 2.30. The summed E-state index contributed by atoms with van der Waals surface area (Å²) in [6.45, 7) is 2.98. The van der Waals surface area contributed by atoms with E-state index in [1.54, 1.807) is 18.0 Å². The number of hydrogen-bond donors (Lipinski definition) is 1. The number of likely N-dealkylation sites (tertiary alicyclic amines) is 1. The Morgan fingerprint density at radius 3 is 2.36 bits per heavy atom. The molecule has 1 N–H and O–H groups in total. The summed E-state index contributed by atoms with van der Waals surface area (Å²) in [5.74, 6) is -0.197. The monoisotopic (exact) mass is 382 g/mol. The van der Waals surface area contributed by atoms with Gasteiger partial charge in [-0.15, -0.1) is 0 Å². The topological polar surface area (TPSA) is 105 Å². The number of non-ortho nitro benzene ring substituents is 1. The molecule has 0 spiro atoms. The van der Waals surface area contributed by atoms with Gasteiger partial charge in [-0.25, -0.2) is 0 Å². The highest BCUT2D eigenvalue weighted by atomic mass is 16.6. The lowest BCUT2D eigenvalue weighted by Gasteiger charge is -2.32. The lowest BCUT2D eigenvalue weighted by Crippen LogP contribution is -2.38. The largest absolute Gasteiger partial charge is 0.355 e. The van der Waals surface area contributed by atoms with Crippen LogP contribution in [0.25, 0.3) is 0 Å². The van der Waals surface area contributed by atoms with Crippen LogP contribution in [-0.4, -0.2) is 46.8 Å². The normalized spacial score (nSPS) is 14.6. The van der Waals surface area contributed by atoms with E-state index in [9.17, 15) is 19.7 Å². The van der Waals surface area contributed by atoms with E-state index in [0.717, 1.165) is 11.4 Å². The summed E-state index contributed by atoms with van der Waals surface area (Å²) in [6, 6.07) is 9.27. The van der Waals surface area contributed by atoms with Gasteiger partial charge in [-0.3, -0.25) is 24.7 Å². The first-order valence-electron chi connectivity index (χ1n) is 9.14. The van der Waals surface area contributed by atoms with Gasteiger partial charge in [-0.1, -0.05) is 0 Å². The number of nitro groups is 1. The minimum atomic E-state index is -0.487. The zero-order valence-corrected chi connectivity index (χ0v) is 15.8. The molecule has 0 saturated carbocycles. The van der Waals surface area contributed by atoms with Gasteiger partial charge in [-0.2, -0.15) is 0 Å². The zero-order chi connectivity index (χ0) is 20.3. The molecule has 1 aliphatic rings. The van der Waals surface area contributed by atoms with E-state index in [1.165, 1.54) is 24.3 Å². The SMILES string of the molecule is CNC(=O)c1ccc(C)nc1C1CCN(C(=O)c2ccc([N+](=O)[O-])cc2)CC1. The molecular formula is C20H22N4O4. The van der Waals surface area contributed by atoms with Crippen LogP contribution in [0.2, 0.25) is 0 Å². The Kier molecular flexibility index (Phi) is 5.67. The van der Waals surface area contributed by atoms with Gasteiger partial charge in [0.05, 0.1) is 16.2 Å². The van der Waals surface area contributed by atoms with E-state index in [2.05, 4.69) is 10.3 Å². The number of nitro benzene ring substituents is 1. The molecule has 1 aromatic heterocycles. The van der Waals surface area contributed by atoms with Gasteiger partial charge in [0, 0.05) is 49.4 Å². The van der Waals surface area contributed by atoms with Crippen molar-refractivity contribution in [3.05, 3.63) is 69.0 Å². The van der Waals surface area contributed by atoms with E-state index in [0.29, 0.717) is 37.1 Å². The lowest BCUT2D eigenvalue weighted by atomic mass is 9.89. The summed E-state index contributed by atoms with van der Waals surface area (Å²) in [7, 11) is 1.59. The predicted octanol–water partition coefficient (Wildman–Crippen LogP) is 2.68. The van der Waals surface area contributed by atoms with Crippen molar-refractivity contribution < 1.29 is 14.5 Å². The average Bonchev–Trinajstić information content (AvgIpc) is 2.72. The molecule has 8 nitrogen and oxygen atoms in total. The third-order valence-corrected chi connectivity index (χ3v) is 5.03. The Labute approximate surface area is 162 Å². The molecule has 0 unspecified atom stereocenters. The summed E-state index contributed by atoms with van der Waals surface area (Å²) in [5.41, 5.74) is 2.60. The average molecular weight is 382 g/mol. The van der Waals surface area contributed by atoms with Crippen LogP contribution in [0.15, 0.2) is 36.4 Å². The molecule has 3 rings (SSSR count). The highest BCUT2D eigenvalue weighted by molar-refractivity contribution is 5.95. The number of carbonyl (C=O) groups is 2. The molecule has 0 radical (unpaired) electrons. The summed E-state index contributed by atoms with van der Waals surface area (Å²) >= 11 is 0. The molecule has 1 aliphatic heterocycles. The number of nitrogens with zero attached hydrogens (tertiary/aromatic N) is 3. The van der Waals surface area contributed by atoms with Crippen molar-refractivity contribution in [2.75, 3.05) is 20.1 Å². The second kappa shape index (κ2) is 8.16. The maximum absolute atomic E-state index is 12.7. The second-order valence-corrected chi connectivity index (χ2v) is 6.84. The number of amides is 2. The number of aromatic nitrogens is 1. The molecule has 0 aliphatic carbocycles. The van der Waals surface area contributed by atoms with E-state index in [1.807, 2.05) is 13.0 Å². The van der Waals surface area contributed by atoms with Crippen molar-refractivity contribution in [3.8, 4) is 0 Å². The van der Waals surface area contributed by atoms with Crippen LogP contribution < -0.4 is 5.32 Å². The fourth-order valence-corrected chi connectivity index (χ4v) is 3.48. The minimum Gasteiger partial charge on any atom is -0.355 e. The number of piperidine rings is 1. The van der Waals surface area contributed by atoms with Crippen LogP contribution in [0, 0.1) is 17.0 Å². The third-order valence-electron chi connectivity index (χ3n) is 5.03. The van der Waals surface area contributed by atoms with E-state index >= 15 is 0 Å². The van der Waals surface area contributed by atoms with Gasteiger partial charge in [0.1, 0.15) is 0 Å². The van der Waals surface area contributed by atoms with Crippen LogP contribution in [0.4, 0.5) is 5.69 Å². The van der Waals surface area contributed by atoms with E-state index in [-0.39, 0.29) is 23.4 Å². The van der Waals surface area contributed by atoms with Gasteiger partial charge >= 0.3 is 0 Å². The number of aryl methyl sites for hydroxylation is 1. The van der Waals surface area contributed by atoms with Crippen molar-refractivity contribution in [1.29, 1.82) is 0 Å². The van der Waals surface area contributed by atoms with Gasteiger partial charge < -0.3 is 10.2 Å². The third kappa shape index (κ3) is 4.00. The van der Waals surface area contributed by atoms with Crippen molar-refractivity contribution in [1.82, 2.24) is 15.2 Å². The maximum Gasteiger partial charge on any atom is 0.269 e. The van der Waals surface area contributed by atoms with Crippen LogP contribution in [0.5, 0.6) is 0 Å². The highest BCUT2D eigenvalue weighted by Gasteiger charge is 2.28. The molecular weight excluding hydrogens is 360 g/mol. The number of benzene rings is 1. The van der Waals surface area contributed by atoms with Crippen LogP contribution in [0.1, 0.15) is 50.9 Å². The first kappa shape index (κ1) is 19.5. The lowest BCUT2D eigenvalue weighted by molar-refractivity contribution is -0.384. The Hall–Kier alpha value is -3.29. The maximum atomic E-state index is 12.7. The predicted molar refractivity (Wildman–Crippen MR) is 103 cm³/mol. The molecule has 28 heavy (non-hydrogen) atoms. The Balaban J connectivity index is 1.71. The molecule has 2 amide bonds. The molecule has 2 aromatic rings. The molecule has 146 valence electrons. The molecule has 1 fully saturated rings. The van der Waals surface area contributed by atoms with Gasteiger partial charge in [0.2, 0.25) is 0 Å². The quantitative estimate of drug-likeness (QED) is 0.646.